The van der Waals surface area contributed by atoms with Crippen LogP contribution in [-0.4, -0.2) is 17.7 Å². The number of nitrogens with zero attached hydrogens (tertiary/aromatic N) is 1. The van der Waals surface area contributed by atoms with Gasteiger partial charge in [-0.25, -0.2) is 0 Å². The number of aromatic nitrogens is 1. The summed E-state index contributed by atoms with van der Waals surface area (Å²) in [6, 6.07) is 11.7. The molecule has 0 aliphatic carbocycles. The first-order valence-corrected chi connectivity index (χ1v) is 7.30. The van der Waals surface area contributed by atoms with Gasteiger partial charge < -0.3 is 14.6 Å². The molecule has 21 heavy (non-hydrogen) atoms. The summed E-state index contributed by atoms with van der Waals surface area (Å²) in [6.45, 7) is 6.06. The molecule has 1 aromatic carbocycles. The summed E-state index contributed by atoms with van der Waals surface area (Å²) in [6.07, 6.45) is 0. The molecule has 1 N–H and O–H groups in total. The molecule has 0 saturated heterocycles. The summed E-state index contributed by atoms with van der Waals surface area (Å²) in [7, 11) is 1.81. The summed E-state index contributed by atoms with van der Waals surface area (Å²) in [4.78, 5) is 12.4. The maximum absolute atomic E-state index is 12.4. The van der Waals surface area contributed by atoms with Crippen LogP contribution in [0.5, 0.6) is 5.75 Å². The fourth-order valence-electron chi connectivity index (χ4n) is 2.28. The second kappa shape index (κ2) is 7.09. The lowest BCUT2D eigenvalue weighted by molar-refractivity contribution is 0.340. The summed E-state index contributed by atoms with van der Waals surface area (Å²) in [5.74, 6) is 0.819. The van der Waals surface area contributed by atoms with Crippen molar-refractivity contribution in [2.75, 3.05) is 13.2 Å². The Balaban J connectivity index is 2.38. The van der Waals surface area contributed by atoms with Crippen molar-refractivity contribution in [2.24, 2.45) is 7.05 Å². The Morgan fingerprint density at radius 2 is 2.00 bits per heavy atom. The fourth-order valence-corrected chi connectivity index (χ4v) is 2.28. The van der Waals surface area contributed by atoms with Gasteiger partial charge >= 0.3 is 0 Å². The van der Waals surface area contributed by atoms with Gasteiger partial charge in [-0.2, -0.15) is 0 Å². The second-order valence-electron chi connectivity index (χ2n) is 4.85. The van der Waals surface area contributed by atoms with Gasteiger partial charge in [0.15, 0.2) is 0 Å². The third-order valence-electron chi connectivity index (χ3n) is 3.39. The second-order valence-corrected chi connectivity index (χ2v) is 4.85. The van der Waals surface area contributed by atoms with E-state index in [1.165, 1.54) is 0 Å². The highest BCUT2D eigenvalue weighted by Crippen LogP contribution is 2.22. The molecule has 0 atom stereocenters. The lowest BCUT2D eigenvalue weighted by Gasteiger charge is -2.12. The van der Waals surface area contributed by atoms with Crippen molar-refractivity contribution in [2.45, 2.75) is 20.4 Å². The first kappa shape index (κ1) is 15.3. The molecule has 0 amide bonds. The van der Waals surface area contributed by atoms with Gasteiger partial charge in [-0.3, -0.25) is 4.79 Å². The largest absolute Gasteiger partial charge is 0.494 e. The molecule has 2 rings (SSSR count). The van der Waals surface area contributed by atoms with Crippen molar-refractivity contribution >= 4 is 0 Å². The van der Waals surface area contributed by atoms with E-state index in [2.05, 4.69) is 5.32 Å². The van der Waals surface area contributed by atoms with Crippen LogP contribution < -0.4 is 15.6 Å². The molecule has 0 radical (unpaired) electrons. The standard InChI is InChI=1S/C17H22N2O2/c1-4-18-12-14-9-10-16(19(3)17(14)20)13-7-6-8-15(11-13)21-5-2/h6-11,18H,4-5,12H2,1-3H3. The summed E-state index contributed by atoms with van der Waals surface area (Å²) in [5.41, 5.74) is 2.69. The SMILES string of the molecule is CCNCc1ccc(-c2cccc(OCC)c2)n(C)c1=O. The zero-order valence-electron chi connectivity index (χ0n) is 12.8. The minimum Gasteiger partial charge on any atom is -0.494 e. The number of benzene rings is 1. The number of nitrogens with one attached hydrogen (secondary N) is 1. The monoisotopic (exact) mass is 286 g/mol. The highest BCUT2D eigenvalue weighted by Gasteiger charge is 2.08. The maximum atomic E-state index is 12.4. The highest BCUT2D eigenvalue weighted by molar-refractivity contribution is 5.61. The third-order valence-corrected chi connectivity index (χ3v) is 3.39. The maximum Gasteiger partial charge on any atom is 0.255 e. The number of hydrogen-bond donors (Lipinski definition) is 1. The summed E-state index contributed by atoms with van der Waals surface area (Å²) >= 11 is 0. The van der Waals surface area contributed by atoms with Crippen LogP contribution >= 0.6 is 0 Å². The Hall–Kier alpha value is -2.07. The van der Waals surface area contributed by atoms with Gasteiger partial charge in [0.1, 0.15) is 5.75 Å². The van der Waals surface area contributed by atoms with Gasteiger partial charge in [0.05, 0.1) is 12.3 Å². The van der Waals surface area contributed by atoms with E-state index in [1.807, 2.05) is 50.2 Å². The minimum atomic E-state index is 0.0373. The molecule has 4 heteroatoms. The van der Waals surface area contributed by atoms with E-state index in [0.717, 1.165) is 29.1 Å². The molecular weight excluding hydrogens is 264 g/mol. The van der Waals surface area contributed by atoms with Crippen LogP contribution in [0.2, 0.25) is 0 Å². The molecule has 0 saturated carbocycles. The fraction of sp³-hybridized carbons (Fsp3) is 0.353. The molecule has 0 unspecified atom stereocenters. The highest BCUT2D eigenvalue weighted by atomic mass is 16.5. The zero-order valence-corrected chi connectivity index (χ0v) is 12.8. The van der Waals surface area contributed by atoms with E-state index in [-0.39, 0.29) is 5.56 Å². The molecule has 0 bridgehead atoms. The van der Waals surface area contributed by atoms with E-state index < -0.39 is 0 Å². The third kappa shape index (κ3) is 3.52. The van der Waals surface area contributed by atoms with Gasteiger partial charge in [-0.15, -0.1) is 0 Å². The number of pyridine rings is 1. The normalized spacial score (nSPS) is 10.6. The molecule has 1 heterocycles. The van der Waals surface area contributed by atoms with Crippen LogP contribution in [0.25, 0.3) is 11.3 Å². The van der Waals surface area contributed by atoms with Crippen molar-refractivity contribution in [3.05, 3.63) is 52.3 Å². The Morgan fingerprint density at radius 3 is 2.71 bits per heavy atom. The van der Waals surface area contributed by atoms with Crippen molar-refractivity contribution in [1.29, 1.82) is 0 Å². The smallest absolute Gasteiger partial charge is 0.255 e. The first-order valence-electron chi connectivity index (χ1n) is 7.30. The predicted molar refractivity (Wildman–Crippen MR) is 85.7 cm³/mol. The lowest BCUT2D eigenvalue weighted by Crippen LogP contribution is -2.26. The molecular formula is C17H22N2O2. The van der Waals surface area contributed by atoms with E-state index >= 15 is 0 Å². The van der Waals surface area contributed by atoms with Crippen LogP contribution in [0.15, 0.2) is 41.2 Å². The topological polar surface area (TPSA) is 43.3 Å². The molecule has 2 aromatic rings. The van der Waals surface area contributed by atoms with Gasteiger partial charge in [-0.05, 0) is 31.7 Å². The quantitative estimate of drug-likeness (QED) is 0.887. The molecule has 0 aliphatic rings. The molecule has 0 spiro atoms. The molecule has 0 fully saturated rings. The summed E-state index contributed by atoms with van der Waals surface area (Å²) in [5, 5.41) is 3.18. The Bertz CT molecular complexity index is 662. The first-order chi connectivity index (χ1) is 10.2. The molecule has 0 aliphatic heterocycles. The van der Waals surface area contributed by atoms with E-state index in [9.17, 15) is 4.79 Å². The van der Waals surface area contributed by atoms with E-state index in [0.29, 0.717) is 13.2 Å². The number of rotatable bonds is 6. The van der Waals surface area contributed by atoms with Crippen molar-refractivity contribution < 1.29 is 4.74 Å². The molecule has 4 nitrogen and oxygen atoms in total. The number of ether oxygens (including phenoxy) is 1. The Kier molecular flexibility index (Phi) is 5.17. The van der Waals surface area contributed by atoms with Gasteiger partial charge in [0, 0.05) is 24.7 Å². The van der Waals surface area contributed by atoms with Crippen LogP contribution in [0.3, 0.4) is 0 Å². The van der Waals surface area contributed by atoms with Gasteiger partial charge in [0.2, 0.25) is 0 Å². The van der Waals surface area contributed by atoms with Crippen LogP contribution in [0, 0.1) is 0 Å². The van der Waals surface area contributed by atoms with E-state index in [1.54, 1.807) is 11.6 Å². The van der Waals surface area contributed by atoms with Crippen LogP contribution in [0.1, 0.15) is 19.4 Å². The predicted octanol–water partition coefficient (Wildman–Crippen LogP) is 2.56. The Labute approximate surface area is 125 Å². The van der Waals surface area contributed by atoms with Crippen molar-refractivity contribution in [3.8, 4) is 17.0 Å². The Morgan fingerprint density at radius 1 is 1.19 bits per heavy atom. The van der Waals surface area contributed by atoms with Crippen LogP contribution in [0.4, 0.5) is 0 Å². The molecule has 1 aromatic heterocycles. The van der Waals surface area contributed by atoms with Crippen molar-refractivity contribution in [3.63, 3.8) is 0 Å². The minimum absolute atomic E-state index is 0.0373. The van der Waals surface area contributed by atoms with E-state index in [4.69, 9.17) is 4.74 Å². The zero-order chi connectivity index (χ0) is 15.2. The lowest BCUT2D eigenvalue weighted by atomic mass is 10.1. The number of hydrogen-bond acceptors (Lipinski definition) is 3. The average molecular weight is 286 g/mol. The summed E-state index contributed by atoms with van der Waals surface area (Å²) < 4.78 is 7.21. The molecule has 112 valence electrons. The van der Waals surface area contributed by atoms with Gasteiger partial charge in [0.25, 0.3) is 5.56 Å². The van der Waals surface area contributed by atoms with Crippen molar-refractivity contribution in [1.82, 2.24) is 9.88 Å². The van der Waals surface area contributed by atoms with Crippen LogP contribution in [-0.2, 0) is 13.6 Å². The van der Waals surface area contributed by atoms with Gasteiger partial charge in [-0.1, -0.05) is 25.1 Å². The average Bonchev–Trinajstić information content (AvgIpc) is 2.49.